The summed E-state index contributed by atoms with van der Waals surface area (Å²) in [5.74, 6) is -0.715. The summed E-state index contributed by atoms with van der Waals surface area (Å²) >= 11 is 0. The number of aliphatic carboxylic acids is 1. The molecule has 16 heavy (non-hydrogen) atoms. The molecule has 1 heterocycles. The number of carboxylic acids is 1. The summed E-state index contributed by atoms with van der Waals surface area (Å²) in [6.45, 7) is 7.00. The zero-order valence-corrected chi connectivity index (χ0v) is 11.7. The molecule has 1 aliphatic rings. The summed E-state index contributed by atoms with van der Waals surface area (Å²) in [5.41, 5.74) is -0.743. The zero-order chi connectivity index (χ0) is 12.2. The second kappa shape index (κ2) is 5.79. The average Bonchev–Trinajstić information content (AvgIpc) is 2.58. The van der Waals surface area contributed by atoms with E-state index in [4.69, 9.17) is 4.53 Å². The molecule has 4 nitrogen and oxygen atoms in total. The normalized spacial score (nSPS) is 26.5. The number of rotatable bonds is 6. The van der Waals surface area contributed by atoms with Crippen molar-refractivity contribution >= 4 is 15.0 Å². The van der Waals surface area contributed by atoms with Crippen LogP contribution in [0.15, 0.2) is 0 Å². The Morgan fingerprint density at radius 2 is 2.25 bits per heavy atom. The van der Waals surface area contributed by atoms with Crippen LogP contribution in [0.25, 0.3) is 0 Å². The average molecular weight is 245 g/mol. The maximum Gasteiger partial charge on any atom is 0.326 e. The predicted octanol–water partition coefficient (Wildman–Crippen LogP) is 2.01. The third kappa shape index (κ3) is 2.84. The molecule has 0 aromatic carbocycles. The van der Waals surface area contributed by atoms with E-state index in [2.05, 4.69) is 20.0 Å². The fourth-order valence-electron chi connectivity index (χ4n) is 2.30. The van der Waals surface area contributed by atoms with Gasteiger partial charge in [0.05, 0.1) is 0 Å². The molecule has 0 bridgehead atoms. The Kier molecular flexibility index (Phi) is 4.95. The zero-order valence-electron chi connectivity index (χ0n) is 10.5. The minimum atomic E-state index is -1.22. The molecule has 1 atom stereocenters. The summed E-state index contributed by atoms with van der Waals surface area (Å²) < 4.78 is 5.78. The van der Waals surface area contributed by atoms with Crippen LogP contribution in [-0.2, 0) is 9.32 Å². The topological polar surface area (TPSA) is 49.8 Å². The lowest BCUT2D eigenvalue weighted by Gasteiger charge is -2.35. The van der Waals surface area contributed by atoms with Crippen molar-refractivity contribution in [2.24, 2.45) is 0 Å². The molecule has 1 N–H and O–H groups in total. The van der Waals surface area contributed by atoms with Crippen molar-refractivity contribution in [3.8, 4) is 0 Å². The van der Waals surface area contributed by atoms with Gasteiger partial charge < -0.3 is 9.63 Å². The summed E-state index contributed by atoms with van der Waals surface area (Å²) in [7, 11) is -1.22. The van der Waals surface area contributed by atoms with Gasteiger partial charge in [-0.25, -0.2) is 0 Å². The van der Waals surface area contributed by atoms with Crippen LogP contribution in [0.3, 0.4) is 0 Å². The van der Waals surface area contributed by atoms with E-state index in [9.17, 15) is 9.90 Å². The number of hydroxylamine groups is 2. The van der Waals surface area contributed by atoms with Gasteiger partial charge in [-0.3, -0.25) is 4.79 Å². The quantitative estimate of drug-likeness (QED) is 0.727. The van der Waals surface area contributed by atoms with E-state index in [1.165, 1.54) is 0 Å². The van der Waals surface area contributed by atoms with E-state index in [1.807, 2.05) is 0 Å². The van der Waals surface area contributed by atoms with Crippen molar-refractivity contribution in [1.29, 1.82) is 0 Å². The molecule has 1 saturated heterocycles. The van der Waals surface area contributed by atoms with E-state index in [0.29, 0.717) is 6.42 Å². The largest absolute Gasteiger partial charge is 0.480 e. The van der Waals surface area contributed by atoms with Gasteiger partial charge in [0.2, 0.25) is 0 Å². The van der Waals surface area contributed by atoms with Crippen LogP contribution in [0, 0.1) is 0 Å². The van der Waals surface area contributed by atoms with E-state index >= 15 is 0 Å². The molecular weight excluding hydrogens is 222 g/mol. The molecule has 5 heteroatoms. The molecule has 94 valence electrons. The van der Waals surface area contributed by atoms with E-state index < -0.39 is 20.5 Å². The summed E-state index contributed by atoms with van der Waals surface area (Å²) in [6, 6.07) is 0. The van der Waals surface area contributed by atoms with Crippen LogP contribution in [0.4, 0.5) is 0 Å². The molecule has 0 saturated carbocycles. The fourth-order valence-corrected chi connectivity index (χ4v) is 3.12. The van der Waals surface area contributed by atoms with E-state index in [1.54, 1.807) is 5.06 Å². The molecule has 0 aromatic rings. The van der Waals surface area contributed by atoms with Crippen LogP contribution in [0.5, 0.6) is 0 Å². The Balaban J connectivity index is 2.76. The van der Waals surface area contributed by atoms with E-state index in [0.717, 1.165) is 32.2 Å². The predicted molar refractivity (Wildman–Crippen MR) is 65.8 cm³/mol. The highest BCUT2D eigenvalue weighted by Crippen LogP contribution is 2.34. The Labute approximate surface area is 99.3 Å². The first-order valence-electron chi connectivity index (χ1n) is 6.20. The second-order valence-electron chi connectivity index (χ2n) is 4.80. The SMILES string of the molecule is CCCCC1(C(=O)O)CCCN1O[SiH](C)C. The monoisotopic (exact) mass is 245 g/mol. The molecular formula is C11H23NO3Si. The van der Waals surface area contributed by atoms with Crippen molar-refractivity contribution in [3.63, 3.8) is 0 Å². The smallest absolute Gasteiger partial charge is 0.326 e. The van der Waals surface area contributed by atoms with Crippen LogP contribution in [-0.4, -0.2) is 37.3 Å². The number of carboxylic acid groups (broad SMARTS) is 1. The lowest BCUT2D eigenvalue weighted by Crippen LogP contribution is -2.51. The van der Waals surface area contributed by atoms with Gasteiger partial charge in [0.15, 0.2) is 9.04 Å². The lowest BCUT2D eigenvalue weighted by molar-refractivity contribution is -0.176. The number of nitrogens with zero attached hydrogens (tertiary/aromatic N) is 1. The Morgan fingerprint density at radius 1 is 1.56 bits per heavy atom. The molecule has 0 aliphatic carbocycles. The molecule has 1 fully saturated rings. The van der Waals surface area contributed by atoms with Crippen LogP contribution in [0.1, 0.15) is 39.0 Å². The van der Waals surface area contributed by atoms with Crippen molar-refractivity contribution < 1.29 is 14.4 Å². The first-order valence-corrected chi connectivity index (χ1v) is 8.99. The van der Waals surface area contributed by atoms with Crippen molar-refractivity contribution in [3.05, 3.63) is 0 Å². The van der Waals surface area contributed by atoms with Gasteiger partial charge in [0, 0.05) is 6.54 Å². The molecule has 0 spiro atoms. The van der Waals surface area contributed by atoms with Crippen molar-refractivity contribution in [2.45, 2.75) is 57.7 Å². The number of carbonyl (C=O) groups is 1. The van der Waals surface area contributed by atoms with Crippen LogP contribution < -0.4 is 0 Å². The lowest BCUT2D eigenvalue weighted by atomic mass is 9.91. The summed E-state index contributed by atoms with van der Waals surface area (Å²) in [6.07, 6.45) is 4.34. The van der Waals surface area contributed by atoms with Gasteiger partial charge in [0.25, 0.3) is 0 Å². The Bertz CT molecular complexity index is 247. The second-order valence-corrected chi connectivity index (χ2v) is 7.11. The minimum Gasteiger partial charge on any atom is -0.480 e. The summed E-state index contributed by atoms with van der Waals surface area (Å²) in [4.78, 5) is 11.5. The highest BCUT2D eigenvalue weighted by atomic mass is 28.3. The van der Waals surface area contributed by atoms with Crippen molar-refractivity contribution in [2.75, 3.05) is 6.54 Å². The maximum absolute atomic E-state index is 11.5. The molecule has 1 rings (SSSR count). The van der Waals surface area contributed by atoms with E-state index in [-0.39, 0.29) is 0 Å². The minimum absolute atomic E-state index is 0.708. The molecule has 0 amide bonds. The van der Waals surface area contributed by atoms with Gasteiger partial charge in [-0.1, -0.05) is 19.8 Å². The molecule has 1 aliphatic heterocycles. The number of hydrogen-bond acceptors (Lipinski definition) is 3. The summed E-state index contributed by atoms with van der Waals surface area (Å²) in [5, 5.41) is 11.2. The third-order valence-electron chi connectivity index (χ3n) is 3.11. The van der Waals surface area contributed by atoms with Gasteiger partial charge in [-0.15, -0.1) is 0 Å². The third-order valence-corrected chi connectivity index (χ3v) is 3.79. The van der Waals surface area contributed by atoms with Gasteiger partial charge in [-0.2, -0.15) is 5.06 Å². The first kappa shape index (κ1) is 13.7. The number of hydrogen-bond donors (Lipinski definition) is 1. The Hall–Kier alpha value is -0.393. The Morgan fingerprint density at radius 3 is 2.75 bits per heavy atom. The maximum atomic E-state index is 11.5. The highest BCUT2D eigenvalue weighted by molar-refractivity contribution is 6.48. The van der Waals surface area contributed by atoms with Gasteiger partial charge >= 0.3 is 5.97 Å². The number of unbranched alkanes of at least 4 members (excludes halogenated alkanes) is 1. The molecule has 0 radical (unpaired) electrons. The first-order chi connectivity index (χ1) is 7.53. The standard InChI is InChI=1S/C11H23NO3Si/c1-4-5-7-11(10(13)14)8-6-9-12(11)15-16(2)3/h16H,4-9H2,1-3H3,(H,13,14). The van der Waals surface area contributed by atoms with Crippen LogP contribution in [0.2, 0.25) is 13.1 Å². The molecule has 1 unspecified atom stereocenters. The molecule has 0 aromatic heterocycles. The van der Waals surface area contributed by atoms with Gasteiger partial charge in [-0.05, 0) is 32.4 Å². The van der Waals surface area contributed by atoms with Crippen LogP contribution >= 0.6 is 0 Å². The van der Waals surface area contributed by atoms with Gasteiger partial charge in [0.1, 0.15) is 5.54 Å². The van der Waals surface area contributed by atoms with Crippen molar-refractivity contribution in [1.82, 2.24) is 5.06 Å². The highest BCUT2D eigenvalue weighted by Gasteiger charge is 2.48. The fraction of sp³-hybridized carbons (Fsp3) is 0.909.